The molecule has 1 aliphatic heterocycles. The van der Waals surface area contributed by atoms with Gasteiger partial charge in [0.05, 0.1) is 12.1 Å². The van der Waals surface area contributed by atoms with Crippen molar-refractivity contribution in [3.63, 3.8) is 0 Å². The van der Waals surface area contributed by atoms with Crippen LogP contribution >= 0.6 is 0 Å². The molecule has 1 N–H and O–H groups in total. The van der Waals surface area contributed by atoms with Crippen LogP contribution in [-0.4, -0.2) is 46.1 Å². The summed E-state index contributed by atoms with van der Waals surface area (Å²) in [4.78, 5) is 14.6. The number of nitrogens with zero attached hydrogens (tertiary/aromatic N) is 4. The molecule has 1 saturated heterocycles. The van der Waals surface area contributed by atoms with E-state index in [1.807, 2.05) is 25.2 Å². The lowest BCUT2D eigenvalue weighted by molar-refractivity contribution is 0.147. The van der Waals surface area contributed by atoms with Crippen molar-refractivity contribution < 1.29 is 0 Å². The molecule has 6 nitrogen and oxygen atoms in total. The lowest BCUT2D eigenvalue weighted by Crippen LogP contribution is -2.43. The smallest absolute Gasteiger partial charge is 0.278 e. The van der Waals surface area contributed by atoms with Crippen molar-refractivity contribution in [3.05, 3.63) is 34.6 Å². The molecule has 106 valence electrons. The van der Waals surface area contributed by atoms with Gasteiger partial charge in [0.25, 0.3) is 5.56 Å². The molecule has 2 heterocycles. The Bertz CT molecular complexity index is 647. The van der Waals surface area contributed by atoms with Crippen LogP contribution in [0.3, 0.4) is 0 Å². The second kappa shape index (κ2) is 5.68. The number of rotatable bonds is 3. The van der Waals surface area contributed by atoms with Gasteiger partial charge < -0.3 is 5.32 Å². The summed E-state index contributed by atoms with van der Waals surface area (Å²) in [7, 11) is 2.04. The van der Waals surface area contributed by atoms with Crippen molar-refractivity contribution in [2.75, 3.05) is 20.1 Å². The van der Waals surface area contributed by atoms with Crippen molar-refractivity contribution in [2.45, 2.75) is 25.6 Å². The van der Waals surface area contributed by atoms with E-state index >= 15 is 0 Å². The zero-order valence-electron chi connectivity index (χ0n) is 11.6. The first-order valence-corrected chi connectivity index (χ1v) is 6.99. The predicted molar refractivity (Wildman–Crippen MR) is 77.5 cm³/mol. The normalized spacial score (nSPS) is 16.9. The van der Waals surface area contributed by atoms with Crippen molar-refractivity contribution in [3.8, 4) is 0 Å². The van der Waals surface area contributed by atoms with E-state index in [2.05, 4.69) is 20.5 Å². The van der Waals surface area contributed by atoms with Gasteiger partial charge in [-0.2, -0.15) is 4.68 Å². The number of piperidine rings is 1. The molecule has 1 aromatic carbocycles. The number of fused-ring (bicyclic) bond motifs is 1. The highest BCUT2D eigenvalue weighted by Crippen LogP contribution is 2.10. The van der Waals surface area contributed by atoms with Gasteiger partial charge in [0.1, 0.15) is 5.52 Å². The van der Waals surface area contributed by atoms with Gasteiger partial charge in [-0.3, -0.25) is 9.69 Å². The second-order valence-electron chi connectivity index (χ2n) is 5.29. The van der Waals surface area contributed by atoms with Crippen molar-refractivity contribution in [1.29, 1.82) is 0 Å². The van der Waals surface area contributed by atoms with E-state index < -0.39 is 0 Å². The first-order valence-electron chi connectivity index (χ1n) is 6.99. The Hall–Kier alpha value is -1.79. The minimum atomic E-state index is -0.0728. The number of hydrogen-bond acceptors (Lipinski definition) is 5. The van der Waals surface area contributed by atoms with Crippen LogP contribution in [0.15, 0.2) is 29.1 Å². The average Bonchev–Trinajstić information content (AvgIpc) is 2.51. The van der Waals surface area contributed by atoms with Crippen LogP contribution in [0.4, 0.5) is 0 Å². The standard InChI is InChI=1S/C14H19N5O/c1-18(11-6-8-15-9-7-11)10-19-14(20)12-4-2-3-5-13(12)16-17-19/h2-5,11,15H,6-10H2,1H3. The molecule has 0 aliphatic carbocycles. The molecule has 20 heavy (non-hydrogen) atoms. The minimum absolute atomic E-state index is 0.0728. The Labute approximate surface area is 117 Å². The van der Waals surface area contributed by atoms with E-state index in [0.29, 0.717) is 23.6 Å². The van der Waals surface area contributed by atoms with Crippen LogP contribution in [0.25, 0.3) is 10.9 Å². The van der Waals surface area contributed by atoms with E-state index in [0.717, 1.165) is 25.9 Å². The molecule has 0 spiro atoms. The van der Waals surface area contributed by atoms with Crippen molar-refractivity contribution in [2.24, 2.45) is 0 Å². The Balaban J connectivity index is 1.83. The maximum absolute atomic E-state index is 12.4. The number of hydrogen-bond donors (Lipinski definition) is 1. The third-order valence-corrected chi connectivity index (χ3v) is 3.92. The lowest BCUT2D eigenvalue weighted by atomic mass is 10.1. The SMILES string of the molecule is CN(Cn1nnc2ccccc2c1=O)C1CCNCC1. The number of aromatic nitrogens is 3. The van der Waals surface area contributed by atoms with Gasteiger partial charge in [-0.1, -0.05) is 17.3 Å². The molecule has 0 bridgehead atoms. The summed E-state index contributed by atoms with van der Waals surface area (Å²) in [5.41, 5.74) is 0.578. The molecule has 0 amide bonds. The molecule has 0 saturated carbocycles. The highest BCUT2D eigenvalue weighted by Gasteiger charge is 2.18. The average molecular weight is 273 g/mol. The van der Waals surface area contributed by atoms with Gasteiger partial charge in [0.2, 0.25) is 0 Å². The fourth-order valence-corrected chi connectivity index (χ4v) is 2.69. The van der Waals surface area contributed by atoms with Gasteiger partial charge >= 0.3 is 0 Å². The van der Waals surface area contributed by atoms with Gasteiger partial charge in [-0.25, -0.2) is 0 Å². The Morgan fingerprint density at radius 3 is 2.90 bits per heavy atom. The van der Waals surface area contributed by atoms with Gasteiger partial charge in [0.15, 0.2) is 0 Å². The monoisotopic (exact) mass is 273 g/mol. The van der Waals surface area contributed by atoms with E-state index in [9.17, 15) is 4.79 Å². The molecule has 1 aromatic heterocycles. The first-order chi connectivity index (χ1) is 9.75. The molecule has 2 aromatic rings. The molecule has 0 radical (unpaired) electrons. The summed E-state index contributed by atoms with van der Waals surface area (Å²) in [5.74, 6) is 0. The molecular formula is C14H19N5O. The quantitative estimate of drug-likeness (QED) is 0.879. The van der Waals surface area contributed by atoms with Crippen molar-refractivity contribution >= 4 is 10.9 Å². The summed E-state index contributed by atoms with van der Waals surface area (Å²) in [6.45, 7) is 2.56. The van der Waals surface area contributed by atoms with E-state index in [1.54, 1.807) is 6.07 Å². The topological polar surface area (TPSA) is 63.1 Å². The molecule has 1 fully saturated rings. The zero-order chi connectivity index (χ0) is 13.9. The Kier molecular flexibility index (Phi) is 3.75. The molecular weight excluding hydrogens is 254 g/mol. The van der Waals surface area contributed by atoms with Crippen LogP contribution in [-0.2, 0) is 6.67 Å². The fraction of sp³-hybridized carbons (Fsp3) is 0.500. The largest absolute Gasteiger partial charge is 0.317 e. The Morgan fingerprint density at radius 1 is 1.35 bits per heavy atom. The van der Waals surface area contributed by atoms with Crippen LogP contribution in [0, 0.1) is 0 Å². The molecule has 3 rings (SSSR count). The lowest BCUT2D eigenvalue weighted by Gasteiger charge is -2.31. The van der Waals surface area contributed by atoms with E-state index in [-0.39, 0.29) is 5.56 Å². The minimum Gasteiger partial charge on any atom is -0.317 e. The van der Waals surface area contributed by atoms with Crippen molar-refractivity contribution in [1.82, 2.24) is 25.2 Å². The van der Waals surface area contributed by atoms with E-state index in [4.69, 9.17) is 0 Å². The summed E-state index contributed by atoms with van der Waals surface area (Å²) in [5, 5.41) is 12.1. The van der Waals surface area contributed by atoms with Crippen LogP contribution in [0.2, 0.25) is 0 Å². The van der Waals surface area contributed by atoms with Crippen LogP contribution in [0.5, 0.6) is 0 Å². The summed E-state index contributed by atoms with van der Waals surface area (Å²) in [6.07, 6.45) is 2.21. The Morgan fingerprint density at radius 2 is 2.10 bits per heavy atom. The maximum atomic E-state index is 12.4. The van der Waals surface area contributed by atoms with Crippen LogP contribution in [0.1, 0.15) is 12.8 Å². The maximum Gasteiger partial charge on any atom is 0.278 e. The highest BCUT2D eigenvalue weighted by molar-refractivity contribution is 5.76. The molecule has 0 atom stereocenters. The summed E-state index contributed by atoms with van der Waals surface area (Å²) >= 11 is 0. The third kappa shape index (κ3) is 2.57. The fourth-order valence-electron chi connectivity index (χ4n) is 2.69. The molecule has 6 heteroatoms. The number of benzene rings is 1. The summed E-state index contributed by atoms with van der Waals surface area (Å²) < 4.78 is 1.45. The van der Waals surface area contributed by atoms with Gasteiger partial charge in [-0.05, 0) is 45.1 Å². The number of nitrogens with one attached hydrogen (secondary N) is 1. The van der Waals surface area contributed by atoms with Gasteiger partial charge in [0, 0.05) is 6.04 Å². The molecule has 0 unspecified atom stereocenters. The third-order valence-electron chi connectivity index (χ3n) is 3.92. The highest BCUT2D eigenvalue weighted by atomic mass is 16.1. The first kappa shape index (κ1) is 13.2. The predicted octanol–water partition coefficient (Wildman–Crippen LogP) is 0.433. The summed E-state index contributed by atoms with van der Waals surface area (Å²) in [6, 6.07) is 7.82. The van der Waals surface area contributed by atoms with Gasteiger partial charge in [-0.15, -0.1) is 5.10 Å². The van der Waals surface area contributed by atoms with E-state index in [1.165, 1.54) is 4.68 Å². The van der Waals surface area contributed by atoms with Crippen LogP contribution < -0.4 is 10.9 Å². The second-order valence-corrected chi connectivity index (χ2v) is 5.29. The molecule has 1 aliphatic rings. The zero-order valence-corrected chi connectivity index (χ0v) is 11.6.